The molecule has 3 N–H and O–H groups in total. The molecule has 2 aliphatic carbocycles. The summed E-state index contributed by atoms with van der Waals surface area (Å²) in [5.74, 6) is 1.55. The molecule has 3 heteroatoms. The molecule has 0 spiro atoms. The molecule has 0 atom stereocenters. The van der Waals surface area contributed by atoms with E-state index in [4.69, 9.17) is 5.73 Å². The quantitative estimate of drug-likeness (QED) is 0.314. The van der Waals surface area contributed by atoms with Crippen molar-refractivity contribution in [3.63, 3.8) is 0 Å². The Bertz CT molecular complexity index is 976. The van der Waals surface area contributed by atoms with Gasteiger partial charge < -0.3 is 11.1 Å². The zero-order valence-corrected chi connectivity index (χ0v) is 19.7. The summed E-state index contributed by atoms with van der Waals surface area (Å²) in [5.41, 5.74) is 14.6. The number of nitrogens with one attached hydrogen (secondary N) is 1. The van der Waals surface area contributed by atoms with Crippen molar-refractivity contribution < 1.29 is 0 Å². The number of nitrogens with two attached hydrogens (primary N) is 1. The van der Waals surface area contributed by atoms with Crippen LogP contribution in [0.25, 0.3) is 11.6 Å². The Morgan fingerprint density at radius 3 is 2.55 bits per heavy atom. The number of hydrogen-bond donors (Lipinski definition) is 2. The molecule has 2 aliphatic rings. The van der Waals surface area contributed by atoms with E-state index in [1.165, 1.54) is 35.1 Å². The average Bonchev–Trinajstić information content (AvgIpc) is 3.52. The van der Waals surface area contributed by atoms with Crippen LogP contribution in [0.2, 0.25) is 0 Å². The first kappa shape index (κ1) is 24.2. The smallest absolute Gasteiger partial charge is 0.102 e. The van der Waals surface area contributed by atoms with Gasteiger partial charge >= 0.3 is 0 Å². The van der Waals surface area contributed by atoms with Gasteiger partial charge in [0.1, 0.15) is 5.84 Å². The molecule has 31 heavy (non-hydrogen) atoms. The monoisotopic (exact) mass is 415 g/mol. The number of aliphatic imine (C=N–C) groups is 1. The van der Waals surface area contributed by atoms with E-state index in [2.05, 4.69) is 66.3 Å². The number of hydrogen-bond acceptors (Lipinski definition) is 2. The molecule has 1 fully saturated rings. The van der Waals surface area contributed by atoms with Gasteiger partial charge in [-0.1, -0.05) is 62.4 Å². The molecule has 1 saturated carbocycles. The Morgan fingerprint density at radius 1 is 1.13 bits per heavy atom. The maximum Gasteiger partial charge on any atom is 0.102 e. The second kappa shape index (κ2) is 11.9. The number of nitrogen functional groups attached to an aromatic ring is 1. The molecule has 0 bridgehead atoms. The van der Waals surface area contributed by atoms with E-state index in [1.54, 1.807) is 6.20 Å². The Morgan fingerprint density at radius 2 is 1.87 bits per heavy atom. The summed E-state index contributed by atoms with van der Waals surface area (Å²) < 4.78 is 0. The lowest BCUT2D eigenvalue weighted by molar-refractivity contribution is 1.13. The van der Waals surface area contributed by atoms with Gasteiger partial charge in [-0.05, 0) is 86.5 Å². The van der Waals surface area contributed by atoms with E-state index < -0.39 is 0 Å². The lowest BCUT2D eigenvalue weighted by Crippen LogP contribution is -2.11. The zero-order chi connectivity index (χ0) is 22.8. The van der Waals surface area contributed by atoms with Gasteiger partial charge in [0.25, 0.3) is 0 Å². The fourth-order valence-electron chi connectivity index (χ4n) is 3.40. The van der Waals surface area contributed by atoms with Crippen molar-refractivity contribution in [2.24, 2.45) is 4.99 Å². The van der Waals surface area contributed by atoms with Crippen LogP contribution in [0.1, 0.15) is 74.3 Å². The number of anilines is 1. The van der Waals surface area contributed by atoms with Crippen LogP contribution in [0, 0.1) is 6.92 Å². The Hall–Kier alpha value is -3.07. The fraction of sp³-hybridized carbons (Fsp3) is 0.321. The topological polar surface area (TPSA) is 50.4 Å². The number of nitrogens with zero attached hydrogens (tertiary/aromatic N) is 1. The molecule has 4 rings (SSSR count). The second-order valence-electron chi connectivity index (χ2n) is 7.80. The molecule has 0 unspecified atom stereocenters. The maximum atomic E-state index is 6.05. The van der Waals surface area contributed by atoms with Crippen LogP contribution >= 0.6 is 0 Å². The first-order chi connectivity index (χ1) is 15.0. The van der Waals surface area contributed by atoms with Crippen LogP contribution in [-0.2, 0) is 6.42 Å². The van der Waals surface area contributed by atoms with Crippen molar-refractivity contribution in [3.05, 3.63) is 89.3 Å². The highest BCUT2D eigenvalue weighted by Gasteiger charge is 2.23. The van der Waals surface area contributed by atoms with Crippen molar-refractivity contribution in [3.8, 4) is 0 Å². The predicted octanol–water partition coefficient (Wildman–Crippen LogP) is 7.25. The van der Waals surface area contributed by atoms with Crippen molar-refractivity contribution >= 4 is 23.2 Å². The van der Waals surface area contributed by atoms with Gasteiger partial charge in [-0.2, -0.15) is 0 Å². The summed E-state index contributed by atoms with van der Waals surface area (Å²) in [6, 6.07) is 13.0. The minimum atomic E-state index is 0.736. The van der Waals surface area contributed by atoms with Crippen LogP contribution < -0.4 is 11.1 Å². The van der Waals surface area contributed by atoms with E-state index in [0.29, 0.717) is 0 Å². The normalized spacial score (nSPS) is 14.6. The number of allylic oxidation sites excluding steroid dienone is 2. The molecule has 164 valence electrons. The first-order valence-electron chi connectivity index (χ1n) is 11.2. The third-order valence-corrected chi connectivity index (χ3v) is 5.25. The molecular formula is C28H37N3. The van der Waals surface area contributed by atoms with Crippen LogP contribution in [0.4, 0.5) is 5.69 Å². The predicted molar refractivity (Wildman–Crippen MR) is 138 cm³/mol. The molecule has 2 aromatic rings. The van der Waals surface area contributed by atoms with Gasteiger partial charge in [0.05, 0.1) is 0 Å². The number of aryl methyl sites for hydroxylation is 1. The Balaban J connectivity index is 0.000000237. The summed E-state index contributed by atoms with van der Waals surface area (Å²) in [5, 5.41) is 2.94. The SMILES string of the molecule is C=CNC(C)=N/C=C(\C)c1cc(C2CC2)ccc1N.CC.Cc1ccc2c(c1)C=CC2. The van der Waals surface area contributed by atoms with E-state index in [0.717, 1.165) is 35.0 Å². The average molecular weight is 416 g/mol. The highest BCUT2D eigenvalue weighted by atomic mass is 15.0. The van der Waals surface area contributed by atoms with E-state index in [9.17, 15) is 0 Å². The summed E-state index contributed by atoms with van der Waals surface area (Å²) in [7, 11) is 0. The standard InChI is InChI=1S/C16H21N3.C10H10.C2H6/c1-4-18-12(3)19-10-11(2)15-9-14(13-5-6-13)7-8-16(15)17;1-8-5-6-9-3-2-4-10(9)7-8;1-2/h4,7-10,13H,1,5-6,17H2,2-3H3,(H,18,19);2,4-7H,3H2,1H3;1-2H3/b11-10+;;. The molecule has 0 amide bonds. The fourth-order valence-corrected chi connectivity index (χ4v) is 3.40. The molecule has 2 aromatic carbocycles. The summed E-state index contributed by atoms with van der Waals surface area (Å²) in [6.07, 6.45) is 11.6. The van der Waals surface area contributed by atoms with Crippen LogP contribution in [0.5, 0.6) is 0 Å². The minimum Gasteiger partial charge on any atom is -0.398 e. The van der Waals surface area contributed by atoms with Gasteiger partial charge in [-0.15, -0.1) is 0 Å². The minimum absolute atomic E-state index is 0.736. The summed E-state index contributed by atoms with van der Waals surface area (Å²) >= 11 is 0. The second-order valence-corrected chi connectivity index (χ2v) is 7.80. The first-order valence-corrected chi connectivity index (χ1v) is 11.2. The molecule has 3 nitrogen and oxygen atoms in total. The van der Waals surface area contributed by atoms with Crippen molar-refractivity contribution in [2.45, 2.75) is 59.8 Å². The third-order valence-electron chi connectivity index (χ3n) is 5.25. The molecule has 0 aliphatic heterocycles. The van der Waals surface area contributed by atoms with Crippen molar-refractivity contribution in [1.29, 1.82) is 0 Å². The Labute approximate surface area is 188 Å². The highest BCUT2D eigenvalue weighted by Crippen LogP contribution is 2.41. The highest BCUT2D eigenvalue weighted by molar-refractivity contribution is 5.82. The van der Waals surface area contributed by atoms with Crippen LogP contribution in [-0.4, -0.2) is 5.84 Å². The van der Waals surface area contributed by atoms with Gasteiger partial charge in [-0.25, -0.2) is 4.99 Å². The van der Waals surface area contributed by atoms with Gasteiger partial charge in [-0.3, -0.25) is 0 Å². The van der Waals surface area contributed by atoms with E-state index in [-0.39, 0.29) is 0 Å². The van der Waals surface area contributed by atoms with Crippen molar-refractivity contribution in [2.75, 3.05) is 5.73 Å². The molecule has 0 radical (unpaired) electrons. The van der Waals surface area contributed by atoms with Crippen LogP contribution in [0.15, 0.2) is 66.4 Å². The number of amidine groups is 1. The van der Waals surface area contributed by atoms with Gasteiger partial charge in [0, 0.05) is 17.5 Å². The number of fused-ring (bicyclic) bond motifs is 1. The lowest BCUT2D eigenvalue weighted by atomic mass is 10.0. The third kappa shape index (κ3) is 7.29. The van der Waals surface area contributed by atoms with Gasteiger partial charge in [0.15, 0.2) is 0 Å². The van der Waals surface area contributed by atoms with E-state index in [1.807, 2.05) is 40.0 Å². The van der Waals surface area contributed by atoms with Gasteiger partial charge in [0.2, 0.25) is 0 Å². The maximum absolute atomic E-state index is 6.05. The zero-order valence-electron chi connectivity index (χ0n) is 19.7. The summed E-state index contributed by atoms with van der Waals surface area (Å²) in [4.78, 5) is 4.34. The molecule has 0 heterocycles. The number of benzene rings is 2. The molecular weight excluding hydrogens is 378 g/mol. The van der Waals surface area contributed by atoms with Crippen LogP contribution in [0.3, 0.4) is 0 Å². The number of rotatable bonds is 4. The van der Waals surface area contributed by atoms with Crippen molar-refractivity contribution in [1.82, 2.24) is 5.32 Å². The Kier molecular flexibility index (Phi) is 9.33. The van der Waals surface area contributed by atoms with E-state index >= 15 is 0 Å². The largest absolute Gasteiger partial charge is 0.398 e. The lowest BCUT2D eigenvalue weighted by Gasteiger charge is -2.08. The molecule has 0 aromatic heterocycles. The molecule has 0 saturated heterocycles. The summed E-state index contributed by atoms with van der Waals surface area (Å²) in [6.45, 7) is 13.7.